The van der Waals surface area contributed by atoms with Gasteiger partial charge in [-0.05, 0) is 49.4 Å². The van der Waals surface area contributed by atoms with E-state index >= 15 is 0 Å². The van der Waals surface area contributed by atoms with Gasteiger partial charge in [0.15, 0.2) is 0 Å². The molecule has 1 aromatic heterocycles. The molecule has 0 saturated heterocycles. The second kappa shape index (κ2) is 4.25. The third kappa shape index (κ3) is 2.06. The molecule has 0 unspecified atom stereocenters. The second-order valence-corrected chi connectivity index (χ2v) is 5.40. The summed E-state index contributed by atoms with van der Waals surface area (Å²) in [5.41, 5.74) is 8.37. The van der Waals surface area contributed by atoms with Crippen LogP contribution in [-0.4, -0.2) is 18.1 Å². The van der Waals surface area contributed by atoms with Crippen molar-refractivity contribution >= 4 is 16.7 Å². The Bertz CT molecular complexity index is 573. The number of para-hydroxylation sites is 1. The van der Waals surface area contributed by atoms with Gasteiger partial charge in [0.2, 0.25) is 0 Å². The zero-order chi connectivity index (χ0) is 12.6. The highest BCUT2D eigenvalue weighted by molar-refractivity contribution is 5.81. The summed E-state index contributed by atoms with van der Waals surface area (Å²) in [6.07, 6.45) is 2.48. The number of nitrogens with two attached hydrogens (primary N) is 1. The van der Waals surface area contributed by atoms with Crippen LogP contribution in [0.2, 0.25) is 0 Å². The smallest absolute Gasteiger partial charge is 0.129 e. The van der Waals surface area contributed by atoms with E-state index in [9.17, 15) is 0 Å². The largest absolute Gasteiger partial charge is 0.369 e. The highest BCUT2D eigenvalue weighted by atomic mass is 15.0. The summed E-state index contributed by atoms with van der Waals surface area (Å²) in [6, 6.07) is 10.4. The Morgan fingerprint density at radius 3 is 2.83 bits per heavy atom. The summed E-state index contributed by atoms with van der Waals surface area (Å²) >= 11 is 0. The third-order valence-electron chi connectivity index (χ3n) is 3.94. The van der Waals surface area contributed by atoms with Crippen LogP contribution in [0.4, 0.5) is 5.82 Å². The second-order valence-electron chi connectivity index (χ2n) is 5.40. The first-order valence-corrected chi connectivity index (χ1v) is 6.53. The molecule has 1 heterocycles. The van der Waals surface area contributed by atoms with Crippen LogP contribution in [-0.2, 0) is 0 Å². The fourth-order valence-corrected chi connectivity index (χ4v) is 2.30. The molecule has 94 valence electrons. The van der Waals surface area contributed by atoms with Crippen molar-refractivity contribution in [2.45, 2.75) is 19.8 Å². The predicted octanol–water partition coefficient (Wildman–Crippen LogP) is 2.69. The van der Waals surface area contributed by atoms with Crippen LogP contribution < -0.4 is 11.1 Å². The van der Waals surface area contributed by atoms with Crippen molar-refractivity contribution in [3.8, 4) is 0 Å². The summed E-state index contributed by atoms with van der Waals surface area (Å²) in [5, 5.41) is 4.66. The minimum Gasteiger partial charge on any atom is -0.369 e. The molecule has 1 fully saturated rings. The standard InChI is InChI=1S/C15H19N3/c1-11-8-12-4-2-3-5-13(12)18-14(11)17-10-15(9-16)6-7-15/h2-5,8H,6-7,9-10,16H2,1H3,(H,17,18). The first-order chi connectivity index (χ1) is 8.72. The number of benzene rings is 1. The van der Waals surface area contributed by atoms with Gasteiger partial charge >= 0.3 is 0 Å². The molecule has 3 heteroatoms. The molecule has 3 nitrogen and oxygen atoms in total. The molecular formula is C15H19N3. The molecule has 18 heavy (non-hydrogen) atoms. The van der Waals surface area contributed by atoms with Crippen LogP contribution in [0.15, 0.2) is 30.3 Å². The molecule has 3 rings (SSSR count). The molecular weight excluding hydrogens is 222 g/mol. The van der Waals surface area contributed by atoms with E-state index in [1.165, 1.54) is 23.8 Å². The monoisotopic (exact) mass is 241 g/mol. The van der Waals surface area contributed by atoms with E-state index < -0.39 is 0 Å². The van der Waals surface area contributed by atoms with E-state index in [1.54, 1.807) is 0 Å². The predicted molar refractivity (Wildman–Crippen MR) is 75.7 cm³/mol. The molecule has 3 N–H and O–H groups in total. The molecule has 0 atom stereocenters. The number of nitrogens with one attached hydrogen (secondary N) is 1. The topological polar surface area (TPSA) is 50.9 Å². The molecule has 1 aliphatic rings. The molecule has 2 aromatic rings. The number of hydrogen-bond donors (Lipinski definition) is 2. The van der Waals surface area contributed by atoms with Crippen LogP contribution >= 0.6 is 0 Å². The van der Waals surface area contributed by atoms with Crippen molar-refractivity contribution in [1.82, 2.24) is 4.98 Å². The van der Waals surface area contributed by atoms with E-state index in [0.29, 0.717) is 5.41 Å². The maximum absolute atomic E-state index is 5.80. The number of hydrogen-bond acceptors (Lipinski definition) is 3. The van der Waals surface area contributed by atoms with E-state index in [-0.39, 0.29) is 0 Å². The maximum Gasteiger partial charge on any atom is 0.129 e. The van der Waals surface area contributed by atoms with Gasteiger partial charge in [-0.1, -0.05) is 18.2 Å². The minimum absolute atomic E-state index is 0.333. The number of aryl methyl sites for hydroxylation is 1. The van der Waals surface area contributed by atoms with Gasteiger partial charge < -0.3 is 11.1 Å². The summed E-state index contributed by atoms with van der Waals surface area (Å²) in [7, 11) is 0. The number of anilines is 1. The van der Waals surface area contributed by atoms with Gasteiger partial charge in [0.1, 0.15) is 5.82 Å². The van der Waals surface area contributed by atoms with Gasteiger partial charge in [-0.2, -0.15) is 0 Å². The molecule has 0 radical (unpaired) electrons. The Hall–Kier alpha value is -1.61. The van der Waals surface area contributed by atoms with Gasteiger partial charge in [-0.15, -0.1) is 0 Å². The Kier molecular flexibility index (Phi) is 2.71. The lowest BCUT2D eigenvalue weighted by molar-refractivity contribution is 0.555. The summed E-state index contributed by atoms with van der Waals surface area (Å²) in [6.45, 7) is 3.81. The molecule has 1 saturated carbocycles. The van der Waals surface area contributed by atoms with Crippen molar-refractivity contribution < 1.29 is 0 Å². The Balaban J connectivity index is 1.85. The number of nitrogens with zero attached hydrogens (tertiary/aromatic N) is 1. The van der Waals surface area contributed by atoms with Crippen molar-refractivity contribution in [2.75, 3.05) is 18.4 Å². The molecule has 0 spiro atoms. The average Bonchev–Trinajstić information content (AvgIpc) is 3.17. The summed E-state index contributed by atoms with van der Waals surface area (Å²) in [4.78, 5) is 4.69. The van der Waals surface area contributed by atoms with Crippen molar-refractivity contribution in [2.24, 2.45) is 11.1 Å². The zero-order valence-electron chi connectivity index (χ0n) is 10.7. The van der Waals surface area contributed by atoms with Gasteiger partial charge in [0.05, 0.1) is 5.52 Å². The van der Waals surface area contributed by atoms with Gasteiger partial charge in [0, 0.05) is 11.9 Å². The zero-order valence-corrected chi connectivity index (χ0v) is 10.7. The lowest BCUT2D eigenvalue weighted by atomic mass is 10.1. The number of aromatic nitrogens is 1. The minimum atomic E-state index is 0.333. The summed E-state index contributed by atoms with van der Waals surface area (Å²) < 4.78 is 0. The van der Waals surface area contributed by atoms with Gasteiger partial charge in [0.25, 0.3) is 0 Å². The van der Waals surface area contributed by atoms with Crippen LogP contribution in [0.3, 0.4) is 0 Å². The van der Waals surface area contributed by atoms with Crippen molar-refractivity contribution in [3.05, 3.63) is 35.9 Å². The van der Waals surface area contributed by atoms with E-state index in [2.05, 4.69) is 35.4 Å². The van der Waals surface area contributed by atoms with Gasteiger partial charge in [-0.3, -0.25) is 0 Å². The number of fused-ring (bicyclic) bond motifs is 1. The highest BCUT2D eigenvalue weighted by Gasteiger charge is 2.40. The average molecular weight is 241 g/mol. The third-order valence-corrected chi connectivity index (χ3v) is 3.94. The van der Waals surface area contributed by atoms with Crippen LogP contribution in [0.1, 0.15) is 18.4 Å². The number of rotatable bonds is 4. The van der Waals surface area contributed by atoms with Gasteiger partial charge in [-0.25, -0.2) is 4.98 Å². The lowest BCUT2D eigenvalue weighted by Gasteiger charge is -2.15. The molecule has 1 aliphatic carbocycles. The SMILES string of the molecule is Cc1cc2ccccc2nc1NCC1(CN)CC1. The summed E-state index contributed by atoms with van der Waals surface area (Å²) in [5.74, 6) is 0.994. The fourth-order valence-electron chi connectivity index (χ4n) is 2.30. The fraction of sp³-hybridized carbons (Fsp3) is 0.400. The Morgan fingerprint density at radius 2 is 2.11 bits per heavy atom. The first kappa shape index (κ1) is 11.5. The lowest BCUT2D eigenvalue weighted by Crippen LogP contribution is -2.24. The Labute approximate surface area is 107 Å². The number of pyridine rings is 1. The van der Waals surface area contributed by atoms with E-state index in [4.69, 9.17) is 5.73 Å². The quantitative estimate of drug-likeness (QED) is 0.865. The van der Waals surface area contributed by atoms with Crippen molar-refractivity contribution in [3.63, 3.8) is 0 Å². The molecule has 0 amide bonds. The highest BCUT2D eigenvalue weighted by Crippen LogP contribution is 2.44. The van der Waals surface area contributed by atoms with E-state index in [1.807, 2.05) is 12.1 Å². The Morgan fingerprint density at radius 1 is 1.33 bits per heavy atom. The molecule has 0 bridgehead atoms. The van der Waals surface area contributed by atoms with E-state index in [0.717, 1.165) is 24.4 Å². The first-order valence-electron chi connectivity index (χ1n) is 6.53. The van der Waals surface area contributed by atoms with Crippen LogP contribution in [0, 0.1) is 12.3 Å². The normalized spacial score (nSPS) is 16.8. The van der Waals surface area contributed by atoms with Crippen LogP contribution in [0.25, 0.3) is 10.9 Å². The maximum atomic E-state index is 5.80. The molecule has 1 aromatic carbocycles. The van der Waals surface area contributed by atoms with Crippen LogP contribution in [0.5, 0.6) is 0 Å². The van der Waals surface area contributed by atoms with Crippen molar-refractivity contribution in [1.29, 1.82) is 0 Å². The molecule has 0 aliphatic heterocycles.